The van der Waals surface area contributed by atoms with Crippen LogP contribution in [-0.4, -0.2) is 16.8 Å². The SMILES string of the molecule is CNCc1cnn(-c2c(F)cccc2Cl)c1C(F)(F)F. The lowest BCUT2D eigenvalue weighted by atomic mass is 10.2. The van der Waals surface area contributed by atoms with Gasteiger partial charge in [0.25, 0.3) is 0 Å². The Morgan fingerprint density at radius 2 is 2.05 bits per heavy atom. The quantitative estimate of drug-likeness (QED) is 0.881. The van der Waals surface area contributed by atoms with Gasteiger partial charge in [-0.25, -0.2) is 9.07 Å². The molecule has 3 nitrogen and oxygen atoms in total. The molecule has 0 aliphatic rings. The van der Waals surface area contributed by atoms with Crippen molar-refractivity contribution in [1.82, 2.24) is 15.1 Å². The second-order valence-electron chi connectivity index (χ2n) is 4.03. The zero-order valence-electron chi connectivity index (χ0n) is 10.3. The van der Waals surface area contributed by atoms with Crippen LogP contribution >= 0.6 is 11.6 Å². The van der Waals surface area contributed by atoms with Crippen molar-refractivity contribution in [3.63, 3.8) is 0 Å². The van der Waals surface area contributed by atoms with Crippen LogP contribution in [-0.2, 0) is 12.7 Å². The summed E-state index contributed by atoms with van der Waals surface area (Å²) < 4.78 is 53.7. The highest BCUT2D eigenvalue weighted by molar-refractivity contribution is 6.32. The van der Waals surface area contributed by atoms with Gasteiger partial charge in [-0.3, -0.25) is 0 Å². The highest BCUT2D eigenvalue weighted by Crippen LogP contribution is 2.35. The number of nitrogens with one attached hydrogen (secondary N) is 1. The lowest BCUT2D eigenvalue weighted by molar-refractivity contribution is -0.143. The van der Waals surface area contributed by atoms with Crippen LogP contribution in [0.2, 0.25) is 5.02 Å². The summed E-state index contributed by atoms with van der Waals surface area (Å²) >= 11 is 5.79. The molecule has 0 aliphatic carbocycles. The molecule has 0 atom stereocenters. The molecule has 0 amide bonds. The number of hydrogen-bond donors (Lipinski definition) is 1. The molecule has 1 aromatic heterocycles. The highest BCUT2D eigenvalue weighted by atomic mass is 35.5. The van der Waals surface area contributed by atoms with Gasteiger partial charge in [0.05, 0.1) is 11.2 Å². The summed E-state index contributed by atoms with van der Waals surface area (Å²) in [7, 11) is 1.51. The van der Waals surface area contributed by atoms with Gasteiger partial charge in [0.1, 0.15) is 11.5 Å². The third kappa shape index (κ3) is 2.64. The Morgan fingerprint density at radius 1 is 1.35 bits per heavy atom. The molecule has 108 valence electrons. The van der Waals surface area contributed by atoms with E-state index in [0.29, 0.717) is 4.68 Å². The van der Waals surface area contributed by atoms with Gasteiger partial charge in [0.2, 0.25) is 0 Å². The number of benzene rings is 1. The fourth-order valence-corrected chi connectivity index (χ4v) is 2.11. The monoisotopic (exact) mass is 307 g/mol. The van der Waals surface area contributed by atoms with Gasteiger partial charge in [0, 0.05) is 12.1 Å². The van der Waals surface area contributed by atoms with Crippen molar-refractivity contribution in [2.45, 2.75) is 12.7 Å². The second kappa shape index (κ2) is 5.41. The van der Waals surface area contributed by atoms with E-state index in [-0.39, 0.29) is 17.1 Å². The van der Waals surface area contributed by atoms with Gasteiger partial charge < -0.3 is 5.32 Å². The first-order chi connectivity index (χ1) is 9.36. The van der Waals surface area contributed by atoms with Crippen molar-refractivity contribution >= 4 is 11.6 Å². The first kappa shape index (κ1) is 14.8. The Morgan fingerprint density at radius 3 is 2.60 bits per heavy atom. The standard InChI is InChI=1S/C12H10ClF4N3/c1-18-5-7-6-19-20(11(7)12(15,16)17)10-8(13)3-2-4-9(10)14/h2-4,6,18H,5H2,1H3. The maximum absolute atomic E-state index is 13.8. The number of alkyl halides is 3. The predicted octanol–water partition coefficient (Wildman–Crippen LogP) is 3.40. The third-order valence-electron chi connectivity index (χ3n) is 2.63. The van der Waals surface area contributed by atoms with Crippen LogP contribution in [0.1, 0.15) is 11.3 Å². The molecule has 1 heterocycles. The summed E-state index contributed by atoms with van der Waals surface area (Å²) in [5.41, 5.74) is -1.54. The minimum absolute atomic E-state index is 0.0408. The van der Waals surface area contributed by atoms with E-state index in [0.717, 1.165) is 12.3 Å². The first-order valence-corrected chi connectivity index (χ1v) is 5.97. The molecule has 1 N–H and O–H groups in total. The van der Waals surface area contributed by atoms with Gasteiger partial charge in [-0.05, 0) is 19.2 Å². The Balaban J connectivity index is 2.69. The van der Waals surface area contributed by atoms with E-state index >= 15 is 0 Å². The van der Waals surface area contributed by atoms with Crippen LogP contribution in [0, 0.1) is 5.82 Å². The molecule has 0 unspecified atom stereocenters. The molecule has 1 aromatic carbocycles. The minimum Gasteiger partial charge on any atom is -0.316 e. The maximum atomic E-state index is 13.8. The van der Waals surface area contributed by atoms with E-state index < -0.39 is 23.4 Å². The smallest absolute Gasteiger partial charge is 0.316 e. The summed E-state index contributed by atoms with van der Waals surface area (Å²) in [5, 5.41) is 6.09. The van der Waals surface area contributed by atoms with Crippen LogP contribution in [0.15, 0.2) is 24.4 Å². The molecule has 0 aliphatic heterocycles. The van der Waals surface area contributed by atoms with E-state index in [2.05, 4.69) is 10.4 Å². The van der Waals surface area contributed by atoms with E-state index in [9.17, 15) is 17.6 Å². The van der Waals surface area contributed by atoms with Crippen LogP contribution in [0.3, 0.4) is 0 Å². The third-order valence-corrected chi connectivity index (χ3v) is 2.94. The molecule has 0 saturated carbocycles. The van der Waals surface area contributed by atoms with Crippen LogP contribution in [0.5, 0.6) is 0 Å². The van der Waals surface area contributed by atoms with Crippen molar-refractivity contribution < 1.29 is 17.6 Å². The van der Waals surface area contributed by atoms with Gasteiger partial charge in [-0.15, -0.1) is 0 Å². The zero-order chi connectivity index (χ0) is 14.9. The number of para-hydroxylation sites is 1. The number of aromatic nitrogens is 2. The molecule has 2 aromatic rings. The Hall–Kier alpha value is -1.60. The Kier molecular flexibility index (Phi) is 4.01. The number of rotatable bonds is 3. The van der Waals surface area contributed by atoms with E-state index in [1.807, 2.05) is 0 Å². The highest BCUT2D eigenvalue weighted by Gasteiger charge is 2.39. The van der Waals surface area contributed by atoms with Crippen LogP contribution < -0.4 is 5.32 Å². The largest absolute Gasteiger partial charge is 0.433 e. The number of halogens is 5. The summed E-state index contributed by atoms with van der Waals surface area (Å²) in [6, 6.07) is 3.65. The van der Waals surface area contributed by atoms with E-state index in [1.54, 1.807) is 0 Å². The first-order valence-electron chi connectivity index (χ1n) is 5.59. The minimum atomic E-state index is -4.67. The average molecular weight is 308 g/mol. The summed E-state index contributed by atoms with van der Waals surface area (Å²) in [6.45, 7) is -0.0408. The Labute approximate surface area is 117 Å². The molecule has 0 fully saturated rings. The average Bonchev–Trinajstić information content (AvgIpc) is 2.73. The fraction of sp³-hybridized carbons (Fsp3) is 0.250. The van der Waals surface area contributed by atoms with Gasteiger partial charge in [-0.1, -0.05) is 17.7 Å². The van der Waals surface area contributed by atoms with Crippen LogP contribution in [0.25, 0.3) is 5.69 Å². The lowest BCUT2D eigenvalue weighted by Gasteiger charge is -2.14. The van der Waals surface area contributed by atoms with E-state index in [1.165, 1.54) is 19.2 Å². The number of nitrogens with zero attached hydrogens (tertiary/aromatic N) is 2. The fourth-order valence-electron chi connectivity index (χ4n) is 1.87. The summed E-state index contributed by atoms with van der Waals surface area (Å²) in [6.07, 6.45) is -3.63. The van der Waals surface area contributed by atoms with Gasteiger partial charge >= 0.3 is 6.18 Å². The van der Waals surface area contributed by atoms with Crippen molar-refractivity contribution in [3.8, 4) is 5.69 Å². The summed E-state index contributed by atoms with van der Waals surface area (Å²) in [5.74, 6) is -0.873. The van der Waals surface area contributed by atoms with Crippen molar-refractivity contribution in [3.05, 3.63) is 46.5 Å². The molecule has 0 spiro atoms. The van der Waals surface area contributed by atoms with Crippen molar-refractivity contribution in [2.24, 2.45) is 0 Å². The van der Waals surface area contributed by atoms with Crippen molar-refractivity contribution in [2.75, 3.05) is 7.05 Å². The molecule has 0 bridgehead atoms. The molecule has 0 radical (unpaired) electrons. The van der Waals surface area contributed by atoms with Crippen molar-refractivity contribution in [1.29, 1.82) is 0 Å². The summed E-state index contributed by atoms with van der Waals surface area (Å²) in [4.78, 5) is 0. The maximum Gasteiger partial charge on any atom is 0.433 e. The molecule has 0 saturated heterocycles. The Bertz CT molecular complexity index is 601. The zero-order valence-corrected chi connectivity index (χ0v) is 11.1. The molecular weight excluding hydrogens is 298 g/mol. The normalized spacial score (nSPS) is 11.9. The van der Waals surface area contributed by atoms with Gasteiger partial charge in [-0.2, -0.15) is 18.3 Å². The molecule has 20 heavy (non-hydrogen) atoms. The topological polar surface area (TPSA) is 29.9 Å². The predicted molar refractivity (Wildman–Crippen MR) is 66.3 cm³/mol. The second-order valence-corrected chi connectivity index (χ2v) is 4.44. The number of hydrogen-bond acceptors (Lipinski definition) is 2. The molecule has 8 heteroatoms. The van der Waals surface area contributed by atoms with Crippen LogP contribution in [0.4, 0.5) is 17.6 Å². The lowest BCUT2D eigenvalue weighted by Crippen LogP contribution is -2.18. The van der Waals surface area contributed by atoms with E-state index in [4.69, 9.17) is 11.6 Å². The van der Waals surface area contributed by atoms with Gasteiger partial charge in [0.15, 0.2) is 5.69 Å². The molecule has 2 rings (SSSR count). The molecular formula is C12H10ClF4N3.